The Morgan fingerprint density at radius 1 is 0.958 bits per heavy atom. The molecular weight excluding hydrogens is 306 g/mol. The van der Waals surface area contributed by atoms with Gasteiger partial charge in [0.15, 0.2) is 0 Å². The van der Waals surface area contributed by atoms with Crippen molar-refractivity contribution in [1.82, 2.24) is 0 Å². The summed E-state index contributed by atoms with van der Waals surface area (Å²) in [7, 11) is 0. The maximum atomic E-state index is 12.4. The Bertz CT molecular complexity index is 698. The molecule has 0 saturated heterocycles. The van der Waals surface area contributed by atoms with E-state index in [0.29, 0.717) is 6.61 Å². The van der Waals surface area contributed by atoms with Crippen LogP contribution < -0.4 is 5.73 Å². The Hall–Kier alpha value is -2.82. The number of esters is 2. The first-order chi connectivity index (χ1) is 11.6. The predicted octanol–water partition coefficient (Wildman–Crippen LogP) is 3.58. The van der Waals surface area contributed by atoms with E-state index in [9.17, 15) is 9.59 Å². The number of carbonyl (C=O) groups excluding carboxylic acids is 2. The lowest BCUT2D eigenvalue weighted by Gasteiger charge is -2.12. The lowest BCUT2D eigenvalue weighted by atomic mass is 10.1. The molecule has 0 fully saturated rings. The summed E-state index contributed by atoms with van der Waals surface area (Å²) in [6.07, 6.45) is 1.68. The Labute approximate surface area is 141 Å². The molecule has 2 rings (SSSR count). The van der Waals surface area contributed by atoms with Crippen molar-refractivity contribution in [3.05, 3.63) is 65.2 Å². The number of anilines is 1. The van der Waals surface area contributed by atoms with Crippen LogP contribution in [0, 0.1) is 0 Å². The highest BCUT2D eigenvalue weighted by atomic mass is 16.5. The number of benzene rings is 2. The standard InChI is InChI=1S/C19H21NO4/c1-2-3-12-23-18(21)15-10-7-11-16(20)17(15)19(22)24-13-14-8-5-4-6-9-14/h4-11H,2-3,12-13,20H2,1H3. The van der Waals surface area contributed by atoms with Gasteiger partial charge in [-0.2, -0.15) is 0 Å². The molecule has 2 aromatic carbocycles. The molecule has 24 heavy (non-hydrogen) atoms. The Kier molecular flexibility index (Phi) is 6.37. The molecule has 0 aliphatic rings. The van der Waals surface area contributed by atoms with Crippen LogP contribution in [-0.4, -0.2) is 18.5 Å². The summed E-state index contributed by atoms with van der Waals surface area (Å²) >= 11 is 0. The van der Waals surface area contributed by atoms with E-state index in [-0.39, 0.29) is 23.4 Å². The minimum Gasteiger partial charge on any atom is -0.462 e. The summed E-state index contributed by atoms with van der Waals surface area (Å²) in [5.74, 6) is -1.21. The lowest BCUT2D eigenvalue weighted by Crippen LogP contribution is -2.16. The van der Waals surface area contributed by atoms with E-state index < -0.39 is 11.9 Å². The van der Waals surface area contributed by atoms with Gasteiger partial charge in [0.25, 0.3) is 0 Å². The quantitative estimate of drug-likeness (QED) is 0.478. The van der Waals surface area contributed by atoms with Gasteiger partial charge in [-0.05, 0) is 24.1 Å². The molecule has 0 atom stereocenters. The van der Waals surface area contributed by atoms with Crippen molar-refractivity contribution in [2.45, 2.75) is 26.4 Å². The van der Waals surface area contributed by atoms with Crippen LogP contribution in [0.1, 0.15) is 46.0 Å². The fraction of sp³-hybridized carbons (Fsp3) is 0.263. The minimum absolute atomic E-state index is 0.0509. The molecule has 0 amide bonds. The van der Waals surface area contributed by atoms with Crippen molar-refractivity contribution in [1.29, 1.82) is 0 Å². The van der Waals surface area contributed by atoms with Crippen molar-refractivity contribution in [3.8, 4) is 0 Å². The molecule has 0 radical (unpaired) electrons. The van der Waals surface area contributed by atoms with Gasteiger partial charge < -0.3 is 15.2 Å². The van der Waals surface area contributed by atoms with Gasteiger partial charge in [-0.1, -0.05) is 49.7 Å². The number of nitrogen functional groups attached to an aromatic ring is 1. The van der Waals surface area contributed by atoms with Crippen LogP contribution in [0.5, 0.6) is 0 Å². The van der Waals surface area contributed by atoms with E-state index >= 15 is 0 Å². The van der Waals surface area contributed by atoms with Crippen LogP contribution >= 0.6 is 0 Å². The van der Waals surface area contributed by atoms with Gasteiger partial charge >= 0.3 is 11.9 Å². The summed E-state index contributed by atoms with van der Waals surface area (Å²) in [6, 6.07) is 14.0. The van der Waals surface area contributed by atoms with E-state index in [1.807, 2.05) is 37.3 Å². The van der Waals surface area contributed by atoms with Gasteiger partial charge in [-0.25, -0.2) is 9.59 Å². The molecule has 0 spiro atoms. The Balaban J connectivity index is 2.13. The second kappa shape index (κ2) is 8.72. The average Bonchev–Trinajstić information content (AvgIpc) is 2.60. The van der Waals surface area contributed by atoms with Crippen molar-refractivity contribution in [2.24, 2.45) is 0 Å². The third-order valence-corrected chi connectivity index (χ3v) is 3.46. The predicted molar refractivity (Wildman–Crippen MR) is 91.6 cm³/mol. The SMILES string of the molecule is CCCCOC(=O)c1cccc(N)c1C(=O)OCc1ccccc1. The average molecular weight is 327 g/mol. The zero-order valence-electron chi connectivity index (χ0n) is 13.7. The van der Waals surface area contributed by atoms with Crippen molar-refractivity contribution in [2.75, 3.05) is 12.3 Å². The molecule has 2 N–H and O–H groups in total. The minimum atomic E-state index is -0.639. The van der Waals surface area contributed by atoms with E-state index in [2.05, 4.69) is 0 Å². The highest BCUT2D eigenvalue weighted by Gasteiger charge is 2.22. The van der Waals surface area contributed by atoms with E-state index in [4.69, 9.17) is 15.2 Å². The molecule has 0 aliphatic carbocycles. The van der Waals surface area contributed by atoms with Crippen LogP contribution in [0.4, 0.5) is 5.69 Å². The van der Waals surface area contributed by atoms with Gasteiger partial charge in [0, 0.05) is 5.69 Å². The van der Waals surface area contributed by atoms with E-state index in [1.165, 1.54) is 6.07 Å². The summed E-state index contributed by atoms with van der Waals surface area (Å²) in [5.41, 5.74) is 7.10. The fourth-order valence-corrected chi connectivity index (χ4v) is 2.15. The fourth-order valence-electron chi connectivity index (χ4n) is 2.15. The number of unbranched alkanes of at least 4 members (excludes halogenated alkanes) is 1. The van der Waals surface area contributed by atoms with Gasteiger partial charge in [0.05, 0.1) is 17.7 Å². The van der Waals surface area contributed by atoms with Crippen molar-refractivity contribution < 1.29 is 19.1 Å². The van der Waals surface area contributed by atoms with E-state index in [1.54, 1.807) is 12.1 Å². The highest BCUT2D eigenvalue weighted by molar-refractivity contribution is 6.06. The third kappa shape index (κ3) is 4.59. The topological polar surface area (TPSA) is 78.6 Å². The monoisotopic (exact) mass is 327 g/mol. The molecule has 126 valence electrons. The maximum Gasteiger partial charge on any atom is 0.341 e. The smallest absolute Gasteiger partial charge is 0.341 e. The molecule has 0 aliphatic heterocycles. The van der Waals surface area contributed by atoms with Gasteiger partial charge in [0.1, 0.15) is 6.61 Å². The summed E-state index contributed by atoms with van der Waals surface area (Å²) in [5, 5.41) is 0. The number of carbonyl (C=O) groups is 2. The molecule has 5 nitrogen and oxygen atoms in total. The first-order valence-corrected chi connectivity index (χ1v) is 7.90. The molecule has 0 unspecified atom stereocenters. The molecular formula is C19H21NO4. The van der Waals surface area contributed by atoms with Crippen LogP contribution in [0.2, 0.25) is 0 Å². The van der Waals surface area contributed by atoms with Gasteiger partial charge in [-0.3, -0.25) is 0 Å². The van der Waals surface area contributed by atoms with Crippen molar-refractivity contribution >= 4 is 17.6 Å². The normalized spacial score (nSPS) is 10.2. The molecule has 5 heteroatoms. The lowest BCUT2D eigenvalue weighted by molar-refractivity contribution is 0.0438. The number of rotatable bonds is 7. The zero-order valence-corrected chi connectivity index (χ0v) is 13.7. The number of hydrogen-bond donors (Lipinski definition) is 1. The zero-order chi connectivity index (χ0) is 17.4. The highest BCUT2D eigenvalue weighted by Crippen LogP contribution is 2.20. The molecule has 2 aromatic rings. The summed E-state index contributed by atoms with van der Waals surface area (Å²) < 4.78 is 10.5. The summed E-state index contributed by atoms with van der Waals surface area (Å²) in [4.78, 5) is 24.6. The number of hydrogen-bond acceptors (Lipinski definition) is 5. The third-order valence-electron chi connectivity index (χ3n) is 3.46. The second-order valence-electron chi connectivity index (χ2n) is 5.32. The van der Waals surface area contributed by atoms with Gasteiger partial charge in [-0.15, -0.1) is 0 Å². The van der Waals surface area contributed by atoms with Crippen LogP contribution in [-0.2, 0) is 16.1 Å². The summed E-state index contributed by atoms with van der Waals surface area (Å²) in [6.45, 7) is 2.42. The van der Waals surface area contributed by atoms with E-state index in [0.717, 1.165) is 18.4 Å². The second-order valence-corrected chi connectivity index (χ2v) is 5.32. The maximum absolute atomic E-state index is 12.4. The van der Waals surface area contributed by atoms with Gasteiger partial charge in [0.2, 0.25) is 0 Å². The molecule has 0 heterocycles. The van der Waals surface area contributed by atoms with Crippen LogP contribution in [0.3, 0.4) is 0 Å². The van der Waals surface area contributed by atoms with Crippen LogP contribution in [0.25, 0.3) is 0 Å². The number of nitrogens with two attached hydrogens (primary N) is 1. The molecule has 0 bridgehead atoms. The first kappa shape index (κ1) is 17.5. The number of ether oxygens (including phenoxy) is 2. The Morgan fingerprint density at radius 3 is 2.42 bits per heavy atom. The van der Waals surface area contributed by atoms with Crippen LogP contribution in [0.15, 0.2) is 48.5 Å². The Morgan fingerprint density at radius 2 is 1.71 bits per heavy atom. The largest absolute Gasteiger partial charge is 0.462 e. The van der Waals surface area contributed by atoms with Crippen molar-refractivity contribution in [3.63, 3.8) is 0 Å². The first-order valence-electron chi connectivity index (χ1n) is 7.90. The molecule has 0 saturated carbocycles. The molecule has 0 aromatic heterocycles.